The zero-order chi connectivity index (χ0) is 33.9. The van der Waals surface area contributed by atoms with Gasteiger partial charge < -0.3 is 19.9 Å². The van der Waals surface area contributed by atoms with Crippen LogP contribution in [0.25, 0.3) is 11.1 Å². The van der Waals surface area contributed by atoms with Crippen molar-refractivity contribution in [3.8, 4) is 11.1 Å². The van der Waals surface area contributed by atoms with Crippen LogP contribution in [0.1, 0.15) is 78.6 Å². The quantitative estimate of drug-likeness (QED) is 0.235. The number of amides is 1. The van der Waals surface area contributed by atoms with Crippen molar-refractivity contribution in [3.63, 3.8) is 0 Å². The van der Waals surface area contributed by atoms with Gasteiger partial charge in [0.25, 0.3) is 5.56 Å². The molecule has 10 heteroatoms. The fourth-order valence-corrected chi connectivity index (χ4v) is 6.57. The molecule has 1 aromatic heterocycles. The van der Waals surface area contributed by atoms with Crippen molar-refractivity contribution in [3.05, 3.63) is 91.9 Å². The summed E-state index contributed by atoms with van der Waals surface area (Å²) in [6.07, 6.45) is 0.865. The van der Waals surface area contributed by atoms with E-state index in [1.165, 1.54) is 6.20 Å². The molecule has 0 spiro atoms. The highest BCUT2D eigenvalue weighted by atomic mass is 19.1. The van der Waals surface area contributed by atoms with E-state index >= 15 is 4.39 Å². The summed E-state index contributed by atoms with van der Waals surface area (Å²) in [5, 5.41) is 12.5. The number of hydrogen-bond acceptors (Lipinski definition) is 4. The first kappa shape index (κ1) is 34.9. The Hall–Kier alpha value is -3.92. The number of halogens is 3. The molecule has 1 unspecified atom stereocenters. The Balaban J connectivity index is 1.71. The van der Waals surface area contributed by atoms with Gasteiger partial charge >= 0.3 is 5.97 Å². The average Bonchev–Trinajstić information content (AvgIpc) is 3.37. The van der Waals surface area contributed by atoms with Gasteiger partial charge in [0.1, 0.15) is 18.0 Å². The smallest absolute Gasteiger partial charge is 0.305 e. The topological polar surface area (TPSA) is 91.6 Å². The van der Waals surface area contributed by atoms with Crippen LogP contribution in [-0.4, -0.2) is 52.3 Å². The number of alkyl halides is 1. The van der Waals surface area contributed by atoms with Gasteiger partial charge in [-0.3, -0.25) is 14.4 Å². The molecule has 1 fully saturated rings. The third kappa shape index (κ3) is 8.26. The maximum atomic E-state index is 15.8. The molecular formula is C36H44F3N3O4. The maximum absolute atomic E-state index is 15.8. The predicted octanol–water partition coefficient (Wildman–Crippen LogP) is 6.53. The summed E-state index contributed by atoms with van der Waals surface area (Å²) in [4.78, 5) is 41.0. The number of pyridine rings is 1. The molecular weight excluding hydrogens is 595 g/mol. The SMILES string of the molecule is Cc1cc(C)c(-c2cc(C)c(F)c([C@H](CC(=O)O)NC(=O)C(CC(C)C)n3cc(CCN4CC[C@@H](F)C4)cc(F)c3=O)c2)c(C)c1. The van der Waals surface area contributed by atoms with Crippen LogP contribution in [-0.2, 0) is 16.0 Å². The summed E-state index contributed by atoms with van der Waals surface area (Å²) >= 11 is 0. The third-order valence-electron chi connectivity index (χ3n) is 8.64. The molecule has 1 aliphatic rings. The molecule has 1 amide bonds. The summed E-state index contributed by atoms with van der Waals surface area (Å²) in [5.41, 5.74) is 4.39. The summed E-state index contributed by atoms with van der Waals surface area (Å²) in [5.74, 6) is -3.74. The summed E-state index contributed by atoms with van der Waals surface area (Å²) in [6.45, 7) is 12.5. The Labute approximate surface area is 268 Å². The molecule has 0 saturated carbocycles. The molecule has 1 aliphatic heterocycles. The van der Waals surface area contributed by atoms with E-state index in [1.807, 2.05) is 51.7 Å². The van der Waals surface area contributed by atoms with E-state index in [0.717, 1.165) is 32.9 Å². The molecule has 0 radical (unpaired) electrons. The van der Waals surface area contributed by atoms with E-state index in [1.54, 1.807) is 19.1 Å². The molecule has 7 nitrogen and oxygen atoms in total. The lowest BCUT2D eigenvalue weighted by atomic mass is 9.89. The van der Waals surface area contributed by atoms with Crippen LogP contribution in [0.2, 0.25) is 0 Å². The Morgan fingerprint density at radius 2 is 1.70 bits per heavy atom. The lowest BCUT2D eigenvalue weighted by molar-refractivity contribution is -0.138. The first-order valence-corrected chi connectivity index (χ1v) is 15.8. The zero-order valence-corrected chi connectivity index (χ0v) is 27.4. The molecule has 2 heterocycles. The van der Waals surface area contributed by atoms with E-state index in [-0.39, 0.29) is 17.9 Å². The Kier molecular flexibility index (Phi) is 11.1. The number of nitrogens with one attached hydrogen (secondary N) is 1. The van der Waals surface area contributed by atoms with Gasteiger partial charge in [0, 0.05) is 31.4 Å². The number of nitrogens with zero attached hydrogens (tertiary/aromatic N) is 2. The van der Waals surface area contributed by atoms with Crippen molar-refractivity contribution in [1.82, 2.24) is 14.8 Å². The first-order chi connectivity index (χ1) is 21.6. The molecule has 0 aliphatic carbocycles. The molecule has 3 atom stereocenters. The minimum absolute atomic E-state index is 0.0116. The second-order valence-corrected chi connectivity index (χ2v) is 13.1. The molecule has 248 valence electrons. The van der Waals surface area contributed by atoms with E-state index in [0.29, 0.717) is 49.2 Å². The van der Waals surface area contributed by atoms with E-state index in [4.69, 9.17) is 0 Å². The normalized spacial score (nSPS) is 16.5. The molecule has 0 bridgehead atoms. The Bertz CT molecular complexity index is 1650. The Morgan fingerprint density at radius 1 is 1.02 bits per heavy atom. The predicted molar refractivity (Wildman–Crippen MR) is 173 cm³/mol. The minimum atomic E-state index is -1.27. The number of carboxylic acids is 1. The first-order valence-electron chi connectivity index (χ1n) is 15.8. The van der Waals surface area contributed by atoms with Gasteiger partial charge in [0.2, 0.25) is 5.91 Å². The number of carbonyl (C=O) groups excluding carboxylic acids is 1. The standard InChI is InChI=1S/C36H44F3N3O4/c1-20(2)11-31(42-18-25(15-29(38)36(42)46)7-9-41-10-8-27(37)19-41)35(45)40-30(17-32(43)44)28-16-26(14-24(6)34(28)39)33-22(4)12-21(3)13-23(33)5/h12-16,18,20,27,30-31H,7-11,17,19H2,1-6H3,(H,40,45)(H,43,44)/t27-,30+,31?/m1/s1. The fraction of sp³-hybridized carbons (Fsp3) is 0.472. The molecule has 2 N–H and O–H groups in total. The number of rotatable bonds is 12. The number of carbonyl (C=O) groups is 2. The van der Waals surface area contributed by atoms with Crippen molar-refractivity contribution in [2.45, 2.75) is 85.5 Å². The lowest BCUT2D eigenvalue weighted by Crippen LogP contribution is -2.41. The van der Waals surface area contributed by atoms with Gasteiger partial charge in [-0.05, 0) is 104 Å². The Morgan fingerprint density at radius 3 is 2.28 bits per heavy atom. The highest BCUT2D eigenvalue weighted by Gasteiger charge is 2.30. The largest absolute Gasteiger partial charge is 0.481 e. The van der Waals surface area contributed by atoms with Crippen LogP contribution in [0.5, 0.6) is 0 Å². The summed E-state index contributed by atoms with van der Waals surface area (Å²) < 4.78 is 45.5. The maximum Gasteiger partial charge on any atom is 0.305 e. The summed E-state index contributed by atoms with van der Waals surface area (Å²) in [7, 11) is 0. The molecule has 46 heavy (non-hydrogen) atoms. The van der Waals surface area contributed by atoms with E-state index in [9.17, 15) is 28.3 Å². The number of aliphatic carboxylic acids is 1. The van der Waals surface area contributed by atoms with Crippen molar-refractivity contribution < 1.29 is 27.9 Å². The van der Waals surface area contributed by atoms with Crippen molar-refractivity contribution in [2.75, 3.05) is 19.6 Å². The number of hydrogen-bond donors (Lipinski definition) is 2. The number of carboxylic acid groups (broad SMARTS) is 1. The van der Waals surface area contributed by atoms with Gasteiger partial charge in [-0.2, -0.15) is 0 Å². The van der Waals surface area contributed by atoms with Crippen LogP contribution >= 0.6 is 0 Å². The number of aromatic nitrogens is 1. The average molecular weight is 640 g/mol. The fourth-order valence-electron chi connectivity index (χ4n) is 6.57. The molecule has 4 rings (SSSR count). The highest BCUT2D eigenvalue weighted by Crippen LogP contribution is 2.34. The monoisotopic (exact) mass is 639 g/mol. The van der Waals surface area contributed by atoms with E-state index in [2.05, 4.69) is 5.32 Å². The third-order valence-corrected chi connectivity index (χ3v) is 8.64. The molecule has 2 aromatic carbocycles. The van der Waals surface area contributed by atoms with Gasteiger partial charge in [-0.15, -0.1) is 0 Å². The minimum Gasteiger partial charge on any atom is -0.481 e. The van der Waals surface area contributed by atoms with Crippen LogP contribution in [0.3, 0.4) is 0 Å². The second-order valence-electron chi connectivity index (χ2n) is 13.1. The van der Waals surface area contributed by atoms with Crippen LogP contribution in [0.15, 0.2) is 41.3 Å². The molecule has 3 aromatic rings. The van der Waals surface area contributed by atoms with E-state index < -0.39 is 53.7 Å². The molecule has 1 saturated heterocycles. The van der Waals surface area contributed by atoms with Crippen molar-refractivity contribution >= 4 is 11.9 Å². The number of benzene rings is 2. The van der Waals surface area contributed by atoms with Crippen LogP contribution < -0.4 is 10.9 Å². The second kappa shape index (κ2) is 14.7. The van der Waals surface area contributed by atoms with Crippen molar-refractivity contribution in [1.29, 1.82) is 0 Å². The van der Waals surface area contributed by atoms with Gasteiger partial charge in [-0.25, -0.2) is 13.2 Å². The van der Waals surface area contributed by atoms with Gasteiger partial charge in [0.15, 0.2) is 5.82 Å². The zero-order valence-electron chi connectivity index (χ0n) is 27.4. The van der Waals surface area contributed by atoms with Crippen LogP contribution in [0.4, 0.5) is 13.2 Å². The van der Waals surface area contributed by atoms with Crippen LogP contribution in [0, 0.1) is 45.2 Å². The van der Waals surface area contributed by atoms with Gasteiger partial charge in [0.05, 0.1) is 12.5 Å². The highest BCUT2D eigenvalue weighted by molar-refractivity contribution is 5.82. The van der Waals surface area contributed by atoms with Crippen molar-refractivity contribution in [2.24, 2.45) is 5.92 Å². The van der Waals surface area contributed by atoms with Gasteiger partial charge in [-0.1, -0.05) is 31.5 Å². The summed E-state index contributed by atoms with van der Waals surface area (Å²) in [6, 6.07) is 5.99. The number of aryl methyl sites for hydroxylation is 4. The number of likely N-dealkylation sites (tertiary alicyclic amines) is 1. The lowest BCUT2D eigenvalue weighted by Gasteiger charge is -2.26.